The number of anilines is 2. The van der Waals surface area contributed by atoms with Crippen molar-refractivity contribution in [2.24, 2.45) is 0 Å². The summed E-state index contributed by atoms with van der Waals surface area (Å²) in [7, 11) is 1.59. The first-order valence-electron chi connectivity index (χ1n) is 9.13. The van der Waals surface area contributed by atoms with Gasteiger partial charge in [-0.2, -0.15) is 0 Å². The molecule has 0 aliphatic rings. The van der Waals surface area contributed by atoms with Crippen molar-refractivity contribution in [3.05, 3.63) is 72.0 Å². The number of amides is 1. The van der Waals surface area contributed by atoms with Crippen molar-refractivity contribution in [3.8, 4) is 11.4 Å². The zero-order chi connectivity index (χ0) is 20.9. The highest BCUT2D eigenvalue weighted by atomic mass is 32.2. The predicted octanol–water partition coefficient (Wildman–Crippen LogP) is 4.71. The van der Waals surface area contributed by atoms with Crippen LogP contribution in [-0.2, 0) is 10.5 Å². The highest BCUT2D eigenvalue weighted by Gasteiger charge is 2.21. The maximum Gasteiger partial charge on any atom is 0.230 e. The number of hydrogen-bond donors (Lipinski definition) is 0. The number of methoxy groups -OCH3 is 1. The van der Waals surface area contributed by atoms with Crippen LogP contribution >= 0.6 is 23.1 Å². The number of thiazole rings is 1. The van der Waals surface area contributed by atoms with Crippen LogP contribution in [0.4, 0.5) is 10.8 Å². The fourth-order valence-electron chi connectivity index (χ4n) is 2.84. The molecule has 4 rings (SSSR count). The van der Waals surface area contributed by atoms with E-state index in [0.717, 1.165) is 11.4 Å². The molecule has 2 heterocycles. The molecule has 152 valence electrons. The summed E-state index contributed by atoms with van der Waals surface area (Å²) in [6.07, 6.45) is 1.70. The van der Waals surface area contributed by atoms with Crippen LogP contribution in [0.3, 0.4) is 0 Å². The molecule has 0 unspecified atom stereocenters. The molecule has 0 saturated carbocycles. The number of para-hydroxylation sites is 3. The molecule has 0 fully saturated rings. The summed E-state index contributed by atoms with van der Waals surface area (Å²) >= 11 is 2.92. The molecule has 0 N–H and O–H groups in total. The Hall–Kier alpha value is -3.17. The zero-order valence-electron chi connectivity index (χ0n) is 16.4. The van der Waals surface area contributed by atoms with Gasteiger partial charge in [0.15, 0.2) is 5.13 Å². The smallest absolute Gasteiger partial charge is 0.230 e. The lowest BCUT2D eigenvalue weighted by atomic mass is 10.2. The highest BCUT2D eigenvalue weighted by Crippen LogP contribution is 2.36. The number of carbonyl (C=O) groups is 1. The van der Waals surface area contributed by atoms with Gasteiger partial charge < -0.3 is 4.74 Å². The second-order valence-electron chi connectivity index (χ2n) is 6.24. The molecule has 7 nitrogen and oxygen atoms in total. The van der Waals surface area contributed by atoms with Crippen molar-refractivity contribution in [3.63, 3.8) is 0 Å². The van der Waals surface area contributed by atoms with Crippen LogP contribution in [0, 0.1) is 0 Å². The zero-order valence-corrected chi connectivity index (χ0v) is 18.1. The second kappa shape index (κ2) is 9.10. The third kappa shape index (κ3) is 4.37. The molecule has 0 bridgehead atoms. The number of hydrogen-bond acceptors (Lipinski definition) is 7. The molecule has 0 aliphatic carbocycles. The monoisotopic (exact) mass is 437 g/mol. The van der Waals surface area contributed by atoms with Gasteiger partial charge in [0.1, 0.15) is 12.1 Å². The minimum absolute atomic E-state index is 0.128. The summed E-state index contributed by atoms with van der Waals surface area (Å²) in [4.78, 5) is 22.9. The quantitative estimate of drug-likeness (QED) is 0.390. The van der Waals surface area contributed by atoms with Gasteiger partial charge in [-0.05, 0) is 24.3 Å². The van der Waals surface area contributed by atoms with Crippen molar-refractivity contribution in [2.75, 3.05) is 12.0 Å². The molecule has 4 aromatic rings. The van der Waals surface area contributed by atoms with Gasteiger partial charge in [0.05, 0.1) is 24.2 Å². The van der Waals surface area contributed by atoms with Crippen molar-refractivity contribution in [1.29, 1.82) is 0 Å². The number of thioether (sulfide) groups is 1. The first kappa shape index (κ1) is 20.1. The maximum atomic E-state index is 12.3. The molecule has 9 heteroatoms. The number of ether oxygens (including phenoxy) is 1. The minimum atomic E-state index is -0.128. The molecule has 0 radical (unpaired) electrons. The Balaban J connectivity index is 1.48. The van der Waals surface area contributed by atoms with Gasteiger partial charge in [-0.1, -0.05) is 42.1 Å². The van der Waals surface area contributed by atoms with E-state index >= 15 is 0 Å². The summed E-state index contributed by atoms with van der Waals surface area (Å²) in [6.45, 7) is 1.52. The van der Waals surface area contributed by atoms with Crippen molar-refractivity contribution in [2.45, 2.75) is 17.8 Å². The van der Waals surface area contributed by atoms with Gasteiger partial charge in [0, 0.05) is 18.1 Å². The first-order valence-corrected chi connectivity index (χ1v) is 11.0. The van der Waals surface area contributed by atoms with E-state index in [9.17, 15) is 4.79 Å². The highest BCUT2D eigenvalue weighted by molar-refractivity contribution is 7.98. The first-order chi connectivity index (χ1) is 14.7. The Morgan fingerprint density at radius 3 is 2.70 bits per heavy atom. The predicted molar refractivity (Wildman–Crippen MR) is 119 cm³/mol. The number of carbonyl (C=O) groups excluding carboxylic acids is 1. The normalized spacial score (nSPS) is 10.7. The average Bonchev–Trinajstić information content (AvgIpc) is 3.43. The lowest BCUT2D eigenvalue weighted by Crippen LogP contribution is -2.23. The topological polar surface area (TPSA) is 73.1 Å². The number of rotatable bonds is 7. The van der Waals surface area contributed by atoms with Crippen molar-refractivity contribution in [1.82, 2.24) is 19.7 Å². The molecule has 0 atom stereocenters. The van der Waals surface area contributed by atoms with Gasteiger partial charge in [0.25, 0.3) is 0 Å². The van der Waals surface area contributed by atoms with Crippen molar-refractivity contribution >= 4 is 39.8 Å². The van der Waals surface area contributed by atoms with Crippen molar-refractivity contribution < 1.29 is 9.53 Å². The van der Waals surface area contributed by atoms with Crippen LogP contribution in [0.2, 0.25) is 0 Å². The molecular formula is C21H19N5O2S2. The SMILES string of the molecule is COc1ccccc1N(C(C)=O)c1nc(CSc2ncn(-c3ccccc3)n2)cs1. The van der Waals surface area contributed by atoms with E-state index in [2.05, 4.69) is 15.1 Å². The van der Waals surface area contributed by atoms with E-state index in [-0.39, 0.29) is 5.91 Å². The Bertz CT molecular complexity index is 1140. The number of aromatic nitrogens is 4. The molecule has 1 amide bonds. The third-order valence-electron chi connectivity index (χ3n) is 4.21. The summed E-state index contributed by atoms with van der Waals surface area (Å²) in [6, 6.07) is 17.2. The Kier molecular flexibility index (Phi) is 6.10. The molecular weight excluding hydrogens is 418 g/mol. The van der Waals surface area contributed by atoms with E-state index in [1.54, 1.807) is 23.0 Å². The lowest BCUT2D eigenvalue weighted by molar-refractivity contribution is -0.115. The maximum absolute atomic E-state index is 12.3. The average molecular weight is 438 g/mol. The Labute approximate surface area is 182 Å². The lowest BCUT2D eigenvalue weighted by Gasteiger charge is -2.20. The van der Waals surface area contributed by atoms with E-state index in [1.165, 1.54) is 30.0 Å². The van der Waals surface area contributed by atoms with Gasteiger partial charge in [0.2, 0.25) is 11.1 Å². The van der Waals surface area contributed by atoms with E-state index < -0.39 is 0 Å². The van der Waals surface area contributed by atoms with Gasteiger partial charge in [-0.25, -0.2) is 14.6 Å². The van der Waals surface area contributed by atoms with E-state index in [4.69, 9.17) is 4.74 Å². The minimum Gasteiger partial charge on any atom is -0.495 e. The van der Waals surface area contributed by atoms with Crippen LogP contribution in [-0.4, -0.2) is 32.8 Å². The van der Waals surface area contributed by atoms with Crippen LogP contribution < -0.4 is 9.64 Å². The summed E-state index contributed by atoms with van der Waals surface area (Å²) in [5.74, 6) is 1.10. The standard InChI is InChI=1S/C21H19N5O2S2/c1-15(27)26(18-10-6-7-11-19(18)28-2)21-23-16(13-30-21)12-29-20-22-14-25(24-20)17-8-4-3-5-9-17/h3-11,13-14H,12H2,1-2H3. The fraction of sp³-hybridized carbons (Fsp3) is 0.143. The summed E-state index contributed by atoms with van der Waals surface area (Å²) in [5, 5.41) is 7.72. The van der Waals surface area contributed by atoms with Crippen LogP contribution in [0.1, 0.15) is 12.6 Å². The Morgan fingerprint density at radius 2 is 1.93 bits per heavy atom. The van der Waals surface area contributed by atoms with Gasteiger partial charge >= 0.3 is 0 Å². The summed E-state index contributed by atoms with van der Waals surface area (Å²) in [5.41, 5.74) is 2.49. The molecule has 0 aliphatic heterocycles. The second-order valence-corrected chi connectivity index (χ2v) is 8.02. The molecule has 2 aromatic carbocycles. The largest absolute Gasteiger partial charge is 0.495 e. The fourth-order valence-corrected chi connectivity index (χ4v) is 4.52. The third-order valence-corrected chi connectivity index (χ3v) is 5.97. The Morgan fingerprint density at radius 1 is 1.17 bits per heavy atom. The van der Waals surface area contributed by atoms with Crippen LogP contribution in [0.5, 0.6) is 5.75 Å². The molecule has 30 heavy (non-hydrogen) atoms. The van der Waals surface area contributed by atoms with Gasteiger partial charge in [-0.3, -0.25) is 9.69 Å². The van der Waals surface area contributed by atoms with E-state index in [1.807, 2.05) is 60.0 Å². The van der Waals surface area contributed by atoms with E-state index in [0.29, 0.717) is 27.5 Å². The van der Waals surface area contributed by atoms with Crippen LogP contribution in [0.25, 0.3) is 5.69 Å². The van der Waals surface area contributed by atoms with Gasteiger partial charge in [-0.15, -0.1) is 16.4 Å². The molecule has 0 spiro atoms. The molecule has 2 aromatic heterocycles. The number of nitrogens with zero attached hydrogens (tertiary/aromatic N) is 5. The summed E-state index contributed by atoms with van der Waals surface area (Å²) < 4.78 is 7.15. The number of benzene rings is 2. The van der Waals surface area contributed by atoms with Crippen LogP contribution in [0.15, 0.2) is 71.5 Å². The molecule has 0 saturated heterocycles.